The van der Waals surface area contributed by atoms with Crippen LogP contribution in [0.4, 0.5) is 5.69 Å². The van der Waals surface area contributed by atoms with Gasteiger partial charge in [-0.15, -0.1) is 0 Å². The van der Waals surface area contributed by atoms with Gasteiger partial charge >= 0.3 is 0 Å². The molecule has 3 aromatic rings. The average Bonchev–Trinajstić information content (AvgIpc) is 3.00. The number of hydrogen-bond acceptors (Lipinski definition) is 3. The van der Waals surface area contributed by atoms with Gasteiger partial charge in [-0.25, -0.2) is 0 Å². The number of benzene rings is 3. The van der Waals surface area contributed by atoms with Gasteiger partial charge in [-0.3, -0.25) is 4.79 Å². The maximum Gasteiger partial charge on any atom is 0.255 e. The van der Waals surface area contributed by atoms with Crippen LogP contribution in [-0.2, 0) is 19.3 Å². The highest BCUT2D eigenvalue weighted by Gasteiger charge is 2.19. The Bertz CT molecular complexity index is 989. The van der Waals surface area contributed by atoms with Gasteiger partial charge in [0.1, 0.15) is 0 Å². The summed E-state index contributed by atoms with van der Waals surface area (Å²) >= 11 is 0. The Morgan fingerprint density at radius 1 is 0.968 bits per heavy atom. The summed E-state index contributed by atoms with van der Waals surface area (Å²) in [6.07, 6.45) is 4.32. The van der Waals surface area contributed by atoms with Crippen molar-refractivity contribution in [1.82, 2.24) is 5.32 Å². The molecular weight excluding hydrogens is 384 g/mol. The van der Waals surface area contributed by atoms with Crippen LogP contribution in [0.2, 0.25) is 0 Å². The normalized spacial score (nSPS) is 16.7. The second kappa shape index (κ2) is 10.4. The second-order valence-corrected chi connectivity index (χ2v) is 8.35. The van der Waals surface area contributed by atoms with E-state index in [1.54, 1.807) is 0 Å². The lowest BCUT2D eigenvalue weighted by molar-refractivity contribution is 0.102. The van der Waals surface area contributed by atoms with E-state index in [1.165, 1.54) is 11.1 Å². The molecule has 0 aliphatic heterocycles. The van der Waals surface area contributed by atoms with E-state index in [2.05, 4.69) is 16.7 Å². The van der Waals surface area contributed by atoms with E-state index in [1.807, 2.05) is 72.8 Å². The summed E-state index contributed by atoms with van der Waals surface area (Å²) in [6, 6.07) is 26.0. The lowest BCUT2D eigenvalue weighted by atomic mass is 9.98. The van der Waals surface area contributed by atoms with Crippen molar-refractivity contribution in [3.63, 3.8) is 0 Å². The van der Waals surface area contributed by atoms with Crippen LogP contribution in [0.1, 0.15) is 39.9 Å². The van der Waals surface area contributed by atoms with E-state index in [-0.39, 0.29) is 5.91 Å². The molecule has 3 N–H and O–H groups in total. The van der Waals surface area contributed by atoms with Gasteiger partial charge in [-0.2, -0.15) is 0 Å². The van der Waals surface area contributed by atoms with E-state index in [0.717, 1.165) is 36.9 Å². The smallest absolute Gasteiger partial charge is 0.255 e. The molecule has 1 aliphatic rings. The Hall–Kier alpha value is -2.95. The van der Waals surface area contributed by atoms with E-state index >= 15 is 0 Å². The zero-order valence-corrected chi connectivity index (χ0v) is 17.8. The molecule has 0 fully saturated rings. The van der Waals surface area contributed by atoms with Crippen LogP contribution in [0.5, 0.6) is 0 Å². The molecule has 4 heteroatoms. The number of para-hydroxylation sites is 1. The van der Waals surface area contributed by atoms with Crippen LogP contribution in [0, 0.1) is 0 Å². The number of rotatable bonds is 7. The average molecular weight is 415 g/mol. The first kappa shape index (κ1) is 21.3. The minimum atomic E-state index is -0.409. The number of anilines is 1. The van der Waals surface area contributed by atoms with Gasteiger partial charge in [0.15, 0.2) is 0 Å². The third kappa shape index (κ3) is 6.03. The minimum Gasteiger partial charge on any atom is -0.391 e. The fourth-order valence-electron chi connectivity index (χ4n) is 4.27. The molecule has 1 aliphatic carbocycles. The molecule has 31 heavy (non-hydrogen) atoms. The topological polar surface area (TPSA) is 61.4 Å². The van der Waals surface area contributed by atoms with Gasteiger partial charge in [0.05, 0.1) is 6.10 Å². The predicted molar refractivity (Wildman–Crippen MR) is 125 cm³/mol. The van der Waals surface area contributed by atoms with Crippen molar-refractivity contribution >= 4 is 11.6 Å². The summed E-state index contributed by atoms with van der Waals surface area (Å²) in [5.74, 6) is -0.0824. The Morgan fingerprint density at radius 3 is 2.48 bits per heavy atom. The SMILES string of the molecule is O=C(Nc1ccccc1)c1ccc2c(c1)CC(NC[C@@H](O)Cc1ccccc1)CCC2. The monoisotopic (exact) mass is 414 g/mol. The van der Waals surface area contributed by atoms with Crippen LogP contribution in [-0.4, -0.2) is 29.7 Å². The number of aliphatic hydroxyl groups excluding tert-OH is 1. The van der Waals surface area contributed by atoms with Crippen LogP contribution in [0.3, 0.4) is 0 Å². The van der Waals surface area contributed by atoms with Crippen molar-refractivity contribution in [1.29, 1.82) is 0 Å². The summed E-state index contributed by atoms with van der Waals surface area (Å²) < 4.78 is 0. The Kier molecular flexibility index (Phi) is 7.13. The summed E-state index contributed by atoms with van der Waals surface area (Å²) in [4.78, 5) is 12.7. The fraction of sp³-hybridized carbons (Fsp3) is 0.296. The summed E-state index contributed by atoms with van der Waals surface area (Å²) in [5, 5.41) is 17.0. The van der Waals surface area contributed by atoms with Gasteiger partial charge in [0.25, 0.3) is 5.91 Å². The number of aliphatic hydroxyl groups is 1. The maximum atomic E-state index is 12.7. The highest BCUT2D eigenvalue weighted by molar-refractivity contribution is 6.04. The maximum absolute atomic E-state index is 12.7. The van der Waals surface area contributed by atoms with E-state index < -0.39 is 6.10 Å². The molecule has 0 spiro atoms. The first-order chi connectivity index (χ1) is 15.2. The number of aryl methyl sites for hydroxylation is 1. The molecule has 4 nitrogen and oxygen atoms in total. The number of hydrogen-bond donors (Lipinski definition) is 3. The molecule has 1 amide bonds. The first-order valence-electron chi connectivity index (χ1n) is 11.1. The molecular formula is C27H30N2O2. The molecule has 0 aromatic heterocycles. The van der Waals surface area contributed by atoms with E-state index in [0.29, 0.717) is 24.6 Å². The van der Waals surface area contributed by atoms with Crippen LogP contribution < -0.4 is 10.6 Å². The number of amides is 1. The molecule has 1 unspecified atom stereocenters. The highest BCUT2D eigenvalue weighted by Crippen LogP contribution is 2.23. The van der Waals surface area contributed by atoms with Crippen molar-refractivity contribution < 1.29 is 9.90 Å². The lowest BCUT2D eigenvalue weighted by Crippen LogP contribution is -2.37. The summed E-state index contributed by atoms with van der Waals surface area (Å²) in [7, 11) is 0. The lowest BCUT2D eigenvalue weighted by Gasteiger charge is -2.20. The van der Waals surface area contributed by atoms with Crippen LogP contribution >= 0.6 is 0 Å². The van der Waals surface area contributed by atoms with Crippen LogP contribution in [0.25, 0.3) is 0 Å². The van der Waals surface area contributed by atoms with Crippen molar-refractivity contribution in [2.75, 3.05) is 11.9 Å². The van der Waals surface area contributed by atoms with Gasteiger partial charge in [-0.1, -0.05) is 54.6 Å². The van der Waals surface area contributed by atoms with Gasteiger partial charge < -0.3 is 15.7 Å². The second-order valence-electron chi connectivity index (χ2n) is 8.35. The number of carbonyl (C=O) groups excluding carboxylic acids is 1. The largest absolute Gasteiger partial charge is 0.391 e. The standard InChI is InChI=1S/C27H30N2O2/c30-26(16-20-8-3-1-4-9-20)19-28-25-13-7-10-21-14-15-22(17-23(21)18-25)27(31)29-24-11-5-2-6-12-24/h1-6,8-9,11-12,14-15,17,25-26,28,30H,7,10,13,16,18-19H2,(H,29,31)/t25?,26-/m0/s1. The summed E-state index contributed by atoms with van der Waals surface area (Å²) in [5.41, 5.74) is 5.19. The molecule has 0 radical (unpaired) electrons. The number of nitrogens with one attached hydrogen (secondary N) is 2. The minimum absolute atomic E-state index is 0.0824. The molecule has 0 bridgehead atoms. The predicted octanol–water partition coefficient (Wildman–Crippen LogP) is 4.38. The molecule has 0 saturated carbocycles. The van der Waals surface area contributed by atoms with Crippen molar-refractivity contribution in [2.45, 2.75) is 44.2 Å². The highest BCUT2D eigenvalue weighted by atomic mass is 16.3. The first-order valence-corrected chi connectivity index (χ1v) is 11.1. The fourth-order valence-corrected chi connectivity index (χ4v) is 4.27. The van der Waals surface area contributed by atoms with E-state index in [9.17, 15) is 9.90 Å². The molecule has 0 heterocycles. The van der Waals surface area contributed by atoms with E-state index in [4.69, 9.17) is 0 Å². The third-order valence-electron chi connectivity index (χ3n) is 5.92. The zero-order valence-electron chi connectivity index (χ0n) is 17.8. The number of carbonyl (C=O) groups is 1. The third-order valence-corrected chi connectivity index (χ3v) is 5.92. The van der Waals surface area contributed by atoms with Gasteiger partial charge in [-0.05, 0) is 73.1 Å². The Labute approximate surface area is 184 Å². The molecule has 2 atom stereocenters. The van der Waals surface area contributed by atoms with Crippen molar-refractivity contribution in [2.24, 2.45) is 0 Å². The van der Waals surface area contributed by atoms with Crippen molar-refractivity contribution in [3.8, 4) is 0 Å². The molecule has 3 aromatic carbocycles. The van der Waals surface area contributed by atoms with Gasteiger partial charge in [0, 0.05) is 23.8 Å². The Morgan fingerprint density at radius 2 is 1.71 bits per heavy atom. The molecule has 160 valence electrons. The zero-order chi connectivity index (χ0) is 21.5. The summed E-state index contributed by atoms with van der Waals surface area (Å²) in [6.45, 7) is 0.572. The number of fused-ring (bicyclic) bond motifs is 1. The molecule has 4 rings (SSSR count). The Balaban J connectivity index is 1.37. The van der Waals surface area contributed by atoms with Crippen LogP contribution in [0.15, 0.2) is 78.9 Å². The van der Waals surface area contributed by atoms with Gasteiger partial charge in [0.2, 0.25) is 0 Å². The van der Waals surface area contributed by atoms with Crippen molar-refractivity contribution in [3.05, 3.63) is 101 Å². The quantitative estimate of drug-likeness (QED) is 0.503. The molecule has 0 saturated heterocycles.